The Labute approximate surface area is 296 Å². The lowest BCUT2D eigenvalue weighted by molar-refractivity contribution is -0.141. The lowest BCUT2D eigenvalue weighted by Gasteiger charge is -2.30. The number of carbonyl (C=O) groups excluding carboxylic acids is 5. The van der Waals surface area contributed by atoms with E-state index >= 15 is 0 Å². The van der Waals surface area contributed by atoms with Crippen molar-refractivity contribution in [3.8, 4) is 0 Å². The molecule has 4 fully saturated rings. The minimum Gasteiger partial charge on any atom is -0.444 e. The molecule has 2 aliphatic carbocycles. The Morgan fingerprint density at radius 3 is 2.47 bits per heavy atom. The van der Waals surface area contributed by atoms with Crippen molar-refractivity contribution in [2.24, 2.45) is 5.92 Å². The zero-order valence-corrected chi connectivity index (χ0v) is 29.9. The lowest BCUT2D eigenvalue weighted by atomic mass is 10.1. The Kier molecular flexibility index (Phi) is 10.2. The summed E-state index contributed by atoms with van der Waals surface area (Å²) in [6, 6.07) is 2.22. The molecule has 6 rings (SSSR count). The summed E-state index contributed by atoms with van der Waals surface area (Å²) in [6.45, 7) is 5.56. The van der Waals surface area contributed by atoms with Gasteiger partial charge in [0, 0.05) is 31.7 Å². The Hall–Kier alpha value is -3.99. The van der Waals surface area contributed by atoms with Gasteiger partial charge in [-0.05, 0) is 83.3 Å². The first-order valence-electron chi connectivity index (χ1n) is 17.5. The van der Waals surface area contributed by atoms with Crippen molar-refractivity contribution >= 4 is 39.9 Å². The molecule has 1 aromatic carbocycles. The maximum absolute atomic E-state index is 14.4. The molecule has 5 atom stereocenters. The second kappa shape index (κ2) is 14.2. The van der Waals surface area contributed by atoms with E-state index in [4.69, 9.17) is 14.2 Å². The van der Waals surface area contributed by atoms with Crippen LogP contribution < -0.4 is 15.4 Å². The number of benzene rings is 1. The highest BCUT2D eigenvalue weighted by atomic mass is 32.2. The number of rotatable bonds is 5. The Morgan fingerprint density at radius 2 is 1.78 bits per heavy atom. The van der Waals surface area contributed by atoms with Gasteiger partial charge in [0.05, 0.1) is 18.3 Å². The second-order valence-corrected chi connectivity index (χ2v) is 17.1. The van der Waals surface area contributed by atoms with E-state index in [9.17, 15) is 36.8 Å². The maximum atomic E-state index is 14.4. The fraction of sp³-hybridized carbons (Fsp3) is 0.676. The molecule has 0 bridgehead atoms. The first-order valence-corrected chi connectivity index (χ1v) is 19.1. The van der Waals surface area contributed by atoms with Crippen LogP contribution in [0, 0.1) is 11.7 Å². The molecule has 17 heteroatoms. The predicted molar refractivity (Wildman–Crippen MR) is 178 cm³/mol. The van der Waals surface area contributed by atoms with Gasteiger partial charge in [-0.2, -0.15) is 0 Å². The summed E-state index contributed by atoms with van der Waals surface area (Å²) in [6.07, 6.45) is -0.0551. The van der Waals surface area contributed by atoms with Crippen molar-refractivity contribution < 1.29 is 51.0 Å². The summed E-state index contributed by atoms with van der Waals surface area (Å²) in [7, 11) is -3.92. The third-order valence-electron chi connectivity index (χ3n) is 9.97. The zero-order valence-electron chi connectivity index (χ0n) is 29.1. The van der Waals surface area contributed by atoms with Crippen molar-refractivity contribution in [2.45, 2.75) is 120 Å². The van der Waals surface area contributed by atoms with E-state index < -0.39 is 80.3 Å². The molecular formula is C34H46FN5O10S. The highest BCUT2D eigenvalue weighted by Crippen LogP contribution is 2.48. The number of sulfonamides is 1. The molecule has 2 saturated heterocycles. The zero-order chi connectivity index (χ0) is 36.7. The van der Waals surface area contributed by atoms with Crippen molar-refractivity contribution in [3.05, 3.63) is 35.1 Å². The molecule has 3 heterocycles. The molecule has 0 spiro atoms. The van der Waals surface area contributed by atoms with Crippen LogP contribution in [0.2, 0.25) is 0 Å². The molecule has 3 N–H and O–H groups in total. The maximum Gasteiger partial charge on any atom is 0.410 e. The summed E-state index contributed by atoms with van der Waals surface area (Å²) in [5.41, 5.74) is -1.35. The summed E-state index contributed by atoms with van der Waals surface area (Å²) in [5, 5.41) is 4.76. The van der Waals surface area contributed by atoms with E-state index in [0.717, 1.165) is 0 Å². The minimum atomic E-state index is -3.92. The molecule has 2 saturated carbocycles. The van der Waals surface area contributed by atoms with Crippen LogP contribution in [-0.2, 0) is 51.7 Å². The SMILES string of the molecule is CC(C)(C)OC(=O)NC1CCCOCCCC2CC2(C(=O)NS(=O)(=O)C2CC2)NC(=O)C2CC(OC(=O)N3Cc4cccc(F)c4C3)CN2C1=O. The van der Waals surface area contributed by atoms with Crippen LogP contribution in [0.4, 0.5) is 14.0 Å². The standard InChI is InChI=1S/C34H46FN5O10S/c1-33(2,3)50-31(44)36-26-10-6-14-48-13-5-8-21-16-34(21,30(43)38-51(46,47)23-11-12-23)37-28(41)27-15-22(18-40(27)29(26)42)49-32(45)39-17-20-7-4-9-25(35)24(20)19-39/h4,7,9,21-23,26-27H,5-6,8,10-19H2,1-3H3,(H,36,44)(H,37,41)(H,38,43). The van der Waals surface area contributed by atoms with Gasteiger partial charge in [-0.25, -0.2) is 22.4 Å². The van der Waals surface area contributed by atoms with Gasteiger partial charge in [-0.3, -0.25) is 24.0 Å². The largest absolute Gasteiger partial charge is 0.444 e. The molecule has 0 aromatic heterocycles. The van der Waals surface area contributed by atoms with Gasteiger partial charge >= 0.3 is 12.2 Å². The van der Waals surface area contributed by atoms with E-state index in [1.165, 1.54) is 15.9 Å². The van der Waals surface area contributed by atoms with Crippen molar-refractivity contribution in [2.75, 3.05) is 19.8 Å². The number of hydrogen-bond donors (Lipinski definition) is 3. The van der Waals surface area contributed by atoms with Crippen LogP contribution in [0.15, 0.2) is 18.2 Å². The van der Waals surface area contributed by atoms with Crippen molar-refractivity contribution in [1.29, 1.82) is 0 Å². The molecule has 5 unspecified atom stereocenters. The number of halogens is 1. The number of alkyl carbamates (subject to hydrolysis) is 1. The van der Waals surface area contributed by atoms with Crippen LogP contribution in [-0.4, -0.2) is 102 Å². The topological polar surface area (TPSA) is 190 Å². The van der Waals surface area contributed by atoms with Gasteiger partial charge < -0.3 is 29.7 Å². The highest BCUT2D eigenvalue weighted by Gasteiger charge is 2.62. The van der Waals surface area contributed by atoms with E-state index in [0.29, 0.717) is 49.8 Å². The molecule has 5 aliphatic rings. The highest BCUT2D eigenvalue weighted by molar-refractivity contribution is 7.91. The fourth-order valence-electron chi connectivity index (χ4n) is 7.08. The predicted octanol–water partition coefficient (Wildman–Crippen LogP) is 2.21. The van der Waals surface area contributed by atoms with Gasteiger partial charge in [-0.1, -0.05) is 12.1 Å². The molecule has 1 aromatic rings. The summed E-state index contributed by atoms with van der Waals surface area (Å²) in [5.74, 6) is -3.00. The minimum absolute atomic E-state index is 0.00709. The molecule has 0 radical (unpaired) electrons. The molecular weight excluding hydrogens is 689 g/mol. The molecule has 3 aliphatic heterocycles. The summed E-state index contributed by atoms with van der Waals surface area (Å²) < 4.78 is 59.0. The number of nitrogens with one attached hydrogen (secondary N) is 3. The third-order valence-corrected chi connectivity index (χ3v) is 11.8. The molecule has 280 valence electrons. The Bertz CT molecular complexity index is 1680. The number of ether oxygens (including phenoxy) is 3. The number of fused-ring (bicyclic) bond motifs is 3. The average molecular weight is 736 g/mol. The van der Waals surface area contributed by atoms with Gasteiger partial charge in [0.1, 0.15) is 35.1 Å². The van der Waals surface area contributed by atoms with E-state index in [1.807, 2.05) is 0 Å². The number of amides is 5. The van der Waals surface area contributed by atoms with Crippen LogP contribution in [0.5, 0.6) is 0 Å². The normalized spacial score (nSPS) is 28.6. The summed E-state index contributed by atoms with van der Waals surface area (Å²) >= 11 is 0. The average Bonchev–Trinajstić information content (AvgIpc) is 3.93. The molecule has 5 amide bonds. The summed E-state index contributed by atoms with van der Waals surface area (Å²) in [4.78, 5) is 70.7. The lowest BCUT2D eigenvalue weighted by Crippen LogP contribution is -2.58. The van der Waals surface area contributed by atoms with Gasteiger partial charge in [-0.15, -0.1) is 0 Å². The number of hydrogen-bond acceptors (Lipinski definition) is 10. The Balaban J connectivity index is 1.24. The van der Waals surface area contributed by atoms with Gasteiger partial charge in [0.2, 0.25) is 21.8 Å². The first kappa shape index (κ1) is 36.8. The third kappa shape index (κ3) is 8.40. The Morgan fingerprint density at radius 1 is 1.06 bits per heavy atom. The van der Waals surface area contributed by atoms with E-state index in [2.05, 4.69) is 15.4 Å². The van der Waals surface area contributed by atoms with Crippen LogP contribution in [0.25, 0.3) is 0 Å². The molecule has 15 nitrogen and oxygen atoms in total. The smallest absolute Gasteiger partial charge is 0.410 e. The molecule has 51 heavy (non-hydrogen) atoms. The van der Waals surface area contributed by atoms with Crippen LogP contribution in [0.1, 0.15) is 83.3 Å². The first-order chi connectivity index (χ1) is 24.1. The number of nitrogens with zero attached hydrogens (tertiary/aromatic N) is 2. The number of carbonyl (C=O) groups is 5. The second-order valence-electron chi connectivity index (χ2n) is 15.1. The van der Waals surface area contributed by atoms with Gasteiger partial charge in [0.15, 0.2) is 0 Å². The van der Waals surface area contributed by atoms with Gasteiger partial charge in [0.25, 0.3) is 5.91 Å². The van der Waals surface area contributed by atoms with E-state index in [1.54, 1.807) is 32.9 Å². The quantitative estimate of drug-likeness (QED) is 0.405. The van der Waals surface area contributed by atoms with Crippen LogP contribution in [0.3, 0.4) is 0 Å². The van der Waals surface area contributed by atoms with Crippen molar-refractivity contribution in [1.82, 2.24) is 25.2 Å². The van der Waals surface area contributed by atoms with Crippen molar-refractivity contribution in [3.63, 3.8) is 0 Å². The monoisotopic (exact) mass is 735 g/mol. The van der Waals surface area contributed by atoms with Crippen LogP contribution >= 0.6 is 0 Å². The fourth-order valence-corrected chi connectivity index (χ4v) is 8.45. The van der Waals surface area contributed by atoms with E-state index in [-0.39, 0.29) is 51.4 Å².